The van der Waals surface area contributed by atoms with E-state index in [1.54, 1.807) is 0 Å². The largest absolute Gasteiger partial charge is 0.343 e. The first-order chi connectivity index (χ1) is 8.86. The summed E-state index contributed by atoms with van der Waals surface area (Å²) >= 11 is 0. The van der Waals surface area contributed by atoms with Gasteiger partial charge in [-0.3, -0.25) is 4.98 Å². The van der Waals surface area contributed by atoms with Gasteiger partial charge in [-0.15, -0.1) is 0 Å². The van der Waals surface area contributed by atoms with Gasteiger partial charge in [-0.05, 0) is 31.0 Å². The second-order valence-corrected chi connectivity index (χ2v) is 5.04. The lowest BCUT2D eigenvalue weighted by Crippen LogP contribution is -2.06. The number of fused-ring (bicyclic) bond motifs is 1. The second kappa shape index (κ2) is 6.58. The van der Waals surface area contributed by atoms with Crippen LogP contribution in [-0.2, 0) is 0 Å². The van der Waals surface area contributed by atoms with E-state index >= 15 is 0 Å². The molecule has 2 aromatic heterocycles. The lowest BCUT2D eigenvalue weighted by atomic mass is 10.1. The van der Waals surface area contributed by atoms with E-state index in [2.05, 4.69) is 41.7 Å². The third kappa shape index (κ3) is 2.92. The van der Waals surface area contributed by atoms with Crippen molar-refractivity contribution in [1.82, 2.24) is 9.55 Å². The van der Waals surface area contributed by atoms with E-state index in [9.17, 15) is 0 Å². The summed E-state index contributed by atoms with van der Waals surface area (Å²) in [6.07, 6.45) is 11.9. The Kier molecular flexibility index (Phi) is 4.80. The van der Waals surface area contributed by atoms with E-state index in [-0.39, 0.29) is 0 Å². The number of pyridine rings is 1. The Hall–Kier alpha value is -1.31. The molecule has 1 atom stereocenters. The fraction of sp³-hybridized carbons (Fsp3) is 0.562. The number of aromatic nitrogens is 2. The highest BCUT2D eigenvalue weighted by atomic mass is 15.0. The second-order valence-electron chi connectivity index (χ2n) is 5.04. The zero-order valence-electron chi connectivity index (χ0n) is 11.6. The molecule has 0 aromatic carbocycles. The van der Waals surface area contributed by atoms with Gasteiger partial charge in [0.1, 0.15) is 0 Å². The van der Waals surface area contributed by atoms with Gasteiger partial charge in [0, 0.05) is 18.4 Å². The molecule has 0 N–H and O–H groups in total. The zero-order chi connectivity index (χ0) is 12.8. The Bertz CT molecular complexity index is 473. The highest BCUT2D eigenvalue weighted by Gasteiger charge is 2.11. The predicted octanol–water partition coefficient (Wildman–Crippen LogP) is 4.96. The van der Waals surface area contributed by atoms with E-state index in [4.69, 9.17) is 0 Å². The molecule has 0 aliphatic heterocycles. The van der Waals surface area contributed by atoms with Crippen molar-refractivity contribution in [3.63, 3.8) is 0 Å². The summed E-state index contributed by atoms with van der Waals surface area (Å²) in [7, 11) is 0. The van der Waals surface area contributed by atoms with Crippen LogP contribution in [0.5, 0.6) is 0 Å². The normalized spacial score (nSPS) is 13.0. The number of rotatable bonds is 7. The van der Waals surface area contributed by atoms with Crippen LogP contribution in [0.4, 0.5) is 0 Å². The van der Waals surface area contributed by atoms with Crippen LogP contribution in [0, 0.1) is 0 Å². The number of hydrogen-bond acceptors (Lipinski definition) is 1. The van der Waals surface area contributed by atoms with Crippen LogP contribution in [0.15, 0.2) is 30.6 Å². The zero-order valence-corrected chi connectivity index (χ0v) is 11.6. The summed E-state index contributed by atoms with van der Waals surface area (Å²) in [6.45, 7) is 4.55. The molecular formula is C16H24N2. The molecule has 0 aliphatic carbocycles. The maximum atomic E-state index is 4.41. The van der Waals surface area contributed by atoms with Gasteiger partial charge in [0.2, 0.25) is 0 Å². The summed E-state index contributed by atoms with van der Waals surface area (Å²) in [5.74, 6) is 0. The Morgan fingerprint density at radius 3 is 2.83 bits per heavy atom. The number of hydrogen-bond donors (Lipinski definition) is 0. The topological polar surface area (TPSA) is 17.8 Å². The quantitative estimate of drug-likeness (QED) is 0.629. The van der Waals surface area contributed by atoms with Crippen molar-refractivity contribution in [2.45, 2.75) is 58.4 Å². The average Bonchev–Trinajstić information content (AvgIpc) is 2.83. The fourth-order valence-corrected chi connectivity index (χ4v) is 2.65. The molecule has 0 spiro atoms. The molecule has 0 saturated carbocycles. The van der Waals surface area contributed by atoms with Crippen LogP contribution in [0.1, 0.15) is 58.4 Å². The summed E-state index contributed by atoms with van der Waals surface area (Å²) in [6, 6.07) is 6.97. The van der Waals surface area contributed by atoms with E-state index in [1.807, 2.05) is 12.3 Å². The maximum absolute atomic E-state index is 4.41. The van der Waals surface area contributed by atoms with Crippen molar-refractivity contribution in [3.05, 3.63) is 30.6 Å². The first-order valence-electron chi connectivity index (χ1n) is 7.28. The van der Waals surface area contributed by atoms with Crippen LogP contribution in [0.2, 0.25) is 0 Å². The van der Waals surface area contributed by atoms with Crippen molar-refractivity contribution in [3.8, 4) is 0 Å². The molecule has 98 valence electrons. The van der Waals surface area contributed by atoms with Gasteiger partial charge < -0.3 is 4.57 Å². The Balaban J connectivity index is 2.07. The van der Waals surface area contributed by atoms with Crippen LogP contribution in [0.3, 0.4) is 0 Å². The molecule has 0 radical (unpaired) electrons. The Labute approximate surface area is 110 Å². The molecule has 0 amide bonds. The molecule has 2 rings (SSSR count). The lowest BCUT2D eigenvalue weighted by Gasteiger charge is -2.18. The first kappa shape index (κ1) is 13.1. The number of unbranched alkanes of at least 4 members (excludes halogenated alkanes) is 3. The van der Waals surface area contributed by atoms with Gasteiger partial charge in [-0.1, -0.05) is 39.5 Å². The summed E-state index contributed by atoms with van der Waals surface area (Å²) in [4.78, 5) is 4.41. The third-order valence-electron chi connectivity index (χ3n) is 3.74. The molecule has 2 heterocycles. The molecule has 0 fully saturated rings. The van der Waals surface area contributed by atoms with Crippen LogP contribution >= 0.6 is 0 Å². The van der Waals surface area contributed by atoms with Crippen LogP contribution < -0.4 is 0 Å². The maximum Gasteiger partial charge on any atom is 0.0880 e. The van der Waals surface area contributed by atoms with E-state index in [0.29, 0.717) is 6.04 Å². The Morgan fingerprint density at radius 1 is 1.17 bits per heavy atom. The van der Waals surface area contributed by atoms with Crippen molar-refractivity contribution >= 4 is 11.0 Å². The fourth-order valence-electron chi connectivity index (χ4n) is 2.65. The molecule has 0 bridgehead atoms. The van der Waals surface area contributed by atoms with Crippen molar-refractivity contribution in [2.75, 3.05) is 0 Å². The number of nitrogens with zero attached hydrogens (tertiary/aromatic N) is 2. The summed E-state index contributed by atoms with van der Waals surface area (Å²) < 4.78 is 2.41. The van der Waals surface area contributed by atoms with Crippen molar-refractivity contribution in [1.29, 1.82) is 0 Å². The van der Waals surface area contributed by atoms with Gasteiger partial charge in [-0.2, -0.15) is 0 Å². The minimum atomic E-state index is 0.628. The minimum absolute atomic E-state index is 0.628. The van der Waals surface area contributed by atoms with Crippen LogP contribution in [-0.4, -0.2) is 9.55 Å². The van der Waals surface area contributed by atoms with Crippen molar-refractivity contribution in [2.24, 2.45) is 0 Å². The predicted molar refractivity (Wildman–Crippen MR) is 77.8 cm³/mol. The smallest absolute Gasteiger partial charge is 0.0880 e. The SMILES string of the molecule is CCCCCCC(CC)n1ccc2ncccc21. The molecule has 18 heavy (non-hydrogen) atoms. The minimum Gasteiger partial charge on any atom is -0.343 e. The first-order valence-corrected chi connectivity index (χ1v) is 7.28. The third-order valence-corrected chi connectivity index (χ3v) is 3.74. The van der Waals surface area contributed by atoms with Gasteiger partial charge in [-0.25, -0.2) is 0 Å². The molecule has 0 aliphatic rings. The van der Waals surface area contributed by atoms with Gasteiger partial charge in [0.05, 0.1) is 11.0 Å². The summed E-state index contributed by atoms with van der Waals surface area (Å²) in [5, 5.41) is 0. The average molecular weight is 244 g/mol. The summed E-state index contributed by atoms with van der Waals surface area (Å²) in [5.41, 5.74) is 2.39. The van der Waals surface area contributed by atoms with Crippen molar-refractivity contribution < 1.29 is 0 Å². The molecule has 2 heteroatoms. The monoisotopic (exact) mass is 244 g/mol. The molecule has 2 nitrogen and oxygen atoms in total. The Morgan fingerprint density at radius 2 is 2.06 bits per heavy atom. The molecular weight excluding hydrogens is 220 g/mol. The van der Waals surface area contributed by atoms with Gasteiger partial charge in [0.25, 0.3) is 0 Å². The van der Waals surface area contributed by atoms with Gasteiger partial charge >= 0.3 is 0 Å². The molecule has 1 unspecified atom stereocenters. The van der Waals surface area contributed by atoms with E-state index in [1.165, 1.54) is 44.0 Å². The molecule has 0 saturated heterocycles. The highest BCUT2D eigenvalue weighted by molar-refractivity contribution is 5.75. The van der Waals surface area contributed by atoms with E-state index in [0.717, 1.165) is 5.52 Å². The lowest BCUT2D eigenvalue weighted by molar-refractivity contribution is 0.439. The standard InChI is InChI=1S/C16H24N2/c1-3-5-6-7-9-14(4-2)18-13-11-15-16(18)10-8-12-17-15/h8,10-14H,3-7,9H2,1-2H3. The highest BCUT2D eigenvalue weighted by Crippen LogP contribution is 2.25. The van der Waals surface area contributed by atoms with E-state index < -0.39 is 0 Å². The van der Waals surface area contributed by atoms with Gasteiger partial charge in [0.15, 0.2) is 0 Å². The molecule has 2 aromatic rings. The van der Waals surface area contributed by atoms with Crippen LogP contribution in [0.25, 0.3) is 11.0 Å².